The zero-order valence-corrected chi connectivity index (χ0v) is 12.4. The van der Waals surface area contributed by atoms with E-state index in [9.17, 15) is 15.0 Å². The molecule has 2 rings (SSSR count). The molecule has 0 aliphatic rings. The van der Waals surface area contributed by atoms with Gasteiger partial charge in [-0.2, -0.15) is 0 Å². The molecule has 0 saturated carbocycles. The number of carboxylic acids is 1. The molecule has 0 aliphatic heterocycles. The first-order chi connectivity index (χ1) is 9.93. The summed E-state index contributed by atoms with van der Waals surface area (Å²) in [6.07, 6.45) is 0.961. The molecule has 1 aromatic heterocycles. The van der Waals surface area contributed by atoms with E-state index in [1.807, 2.05) is 13.8 Å². The molecule has 0 spiro atoms. The van der Waals surface area contributed by atoms with Gasteiger partial charge in [0.15, 0.2) is 0 Å². The van der Waals surface area contributed by atoms with Crippen LogP contribution >= 0.6 is 0 Å². The summed E-state index contributed by atoms with van der Waals surface area (Å²) >= 11 is 0. The molecule has 1 unspecified atom stereocenters. The fourth-order valence-electron chi connectivity index (χ4n) is 2.51. The molecule has 0 saturated heterocycles. The number of rotatable bonds is 5. The summed E-state index contributed by atoms with van der Waals surface area (Å²) in [6.45, 7) is 5.49. The van der Waals surface area contributed by atoms with Gasteiger partial charge in [-0.05, 0) is 49.9 Å². The van der Waals surface area contributed by atoms with Crippen molar-refractivity contribution < 1.29 is 19.5 Å². The average Bonchev–Trinajstić information content (AvgIpc) is 2.76. The van der Waals surface area contributed by atoms with Crippen LogP contribution < -0.4 is 0 Å². The molecule has 1 atom stereocenters. The largest absolute Gasteiger partial charge is 0.508 e. The maximum atomic E-state index is 11.3. The predicted molar refractivity (Wildman–Crippen MR) is 78.2 cm³/mol. The van der Waals surface area contributed by atoms with Gasteiger partial charge >= 0.3 is 5.97 Å². The molecule has 0 radical (unpaired) electrons. The fraction of sp³-hybridized carbons (Fsp3) is 0.375. The van der Waals surface area contributed by atoms with E-state index in [1.165, 1.54) is 0 Å². The number of nitrogens with zero attached hydrogens (tertiary/aromatic N) is 1. The van der Waals surface area contributed by atoms with E-state index in [-0.39, 0.29) is 5.75 Å². The summed E-state index contributed by atoms with van der Waals surface area (Å²) in [6, 6.07) is 4.98. The minimum atomic E-state index is -0.810. The monoisotopic (exact) mass is 289 g/mol. The highest BCUT2D eigenvalue weighted by Gasteiger charge is 2.21. The number of aromatic hydroxyl groups is 1. The summed E-state index contributed by atoms with van der Waals surface area (Å²) in [5.41, 5.74) is 3.20. The summed E-state index contributed by atoms with van der Waals surface area (Å²) in [5, 5.41) is 22.9. The molecule has 0 bridgehead atoms. The molecule has 2 N–H and O–H groups in total. The number of benzene rings is 1. The first-order valence-corrected chi connectivity index (χ1v) is 6.92. The Morgan fingerprint density at radius 1 is 1.38 bits per heavy atom. The third-order valence-corrected chi connectivity index (χ3v) is 3.70. The second kappa shape index (κ2) is 5.99. The van der Waals surface area contributed by atoms with Gasteiger partial charge in [-0.1, -0.05) is 18.1 Å². The number of carboxylic acid groups (broad SMARTS) is 1. The third kappa shape index (κ3) is 3.07. The summed E-state index contributed by atoms with van der Waals surface area (Å²) in [7, 11) is 0. The van der Waals surface area contributed by atoms with Gasteiger partial charge in [-0.15, -0.1) is 0 Å². The van der Waals surface area contributed by atoms with Crippen LogP contribution in [0.4, 0.5) is 0 Å². The first-order valence-electron chi connectivity index (χ1n) is 6.92. The highest BCUT2D eigenvalue weighted by atomic mass is 16.5. The molecule has 5 heteroatoms. The Labute approximate surface area is 123 Å². The topological polar surface area (TPSA) is 83.6 Å². The van der Waals surface area contributed by atoms with E-state index in [1.54, 1.807) is 25.1 Å². The molecule has 112 valence electrons. The van der Waals surface area contributed by atoms with Gasteiger partial charge in [0.25, 0.3) is 0 Å². The molecule has 0 fully saturated rings. The van der Waals surface area contributed by atoms with E-state index in [0.717, 1.165) is 22.4 Å². The molecular formula is C16H19NO4. The molecule has 1 heterocycles. The van der Waals surface area contributed by atoms with E-state index < -0.39 is 11.9 Å². The van der Waals surface area contributed by atoms with Gasteiger partial charge in [-0.25, -0.2) is 0 Å². The van der Waals surface area contributed by atoms with Crippen LogP contribution in [-0.2, 0) is 11.2 Å². The van der Waals surface area contributed by atoms with Crippen LogP contribution in [0.15, 0.2) is 22.7 Å². The average molecular weight is 289 g/mol. The maximum absolute atomic E-state index is 11.3. The Balaban J connectivity index is 2.51. The summed E-state index contributed by atoms with van der Waals surface area (Å²) in [4.78, 5) is 11.3. The lowest BCUT2D eigenvalue weighted by molar-refractivity contribution is -0.141. The number of phenols is 1. The Hall–Kier alpha value is -2.30. The van der Waals surface area contributed by atoms with Gasteiger partial charge in [0, 0.05) is 5.56 Å². The maximum Gasteiger partial charge on any atom is 0.306 e. The predicted octanol–water partition coefficient (Wildman–Crippen LogP) is 3.32. The number of hydrogen-bond acceptors (Lipinski definition) is 4. The lowest BCUT2D eigenvalue weighted by Gasteiger charge is -2.14. The highest BCUT2D eigenvalue weighted by molar-refractivity contribution is 5.75. The normalized spacial score (nSPS) is 12.3. The van der Waals surface area contributed by atoms with Crippen LogP contribution in [0.25, 0.3) is 11.1 Å². The number of aryl methyl sites for hydroxylation is 2. The van der Waals surface area contributed by atoms with Crippen molar-refractivity contribution >= 4 is 5.97 Å². The molecular weight excluding hydrogens is 270 g/mol. The van der Waals surface area contributed by atoms with Crippen molar-refractivity contribution in [3.8, 4) is 16.9 Å². The Kier molecular flexibility index (Phi) is 4.31. The second-order valence-electron chi connectivity index (χ2n) is 5.19. The lowest BCUT2D eigenvalue weighted by Crippen LogP contribution is -2.15. The van der Waals surface area contributed by atoms with Gasteiger partial charge in [0.05, 0.1) is 11.6 Å². The second-order valence-corrected chi connectivity index (χ2v) is 5.19. The summed E-state index contributed by atoms with van der Waals surface area (Å²) < 4.78 is 5.18. The van der Waals surface area contributed by atoms with E-state index in [4.69, 9.17) is 4.52 Å². The van der Waals surface area contributed by atoms with Crippen molar-refractivity contribution in [3.05, 3.63) is 35.2 Å². The highest BCUT2D eigenvalue weighted by Crippen LogP contribution is 2.34. The number of aromatic nitrogens is 1. The van der Waals surface area contributed by atoms with Crippen LogP contribution in [-0.4, -0.2) is 21.3 Å². The van der Waals surface area contributed by atoms with Crippen LogP contribution in [0.5, 0.6) is 5.75 Å². The van der Waals surface area contributed by atoms with Crippen molar-refractivity contribution in [2.45, 2.75) is 33.6 Å². The van der Waals surface area contributed by atoms with Crippen LogP contribution in [0.3, 0.4) is 0 Å². The minimum absolute atomic E-state index is 0.136. The van der Waals surface area contributed by atoms with Gasteiger partial charge in [0.2, 0.25) is 0 Å². The van der Waals surface area contributed by atoms with Crippen molar-refractivity contribution in [1.29, 1.82) is 0 Å². The molecule has 21 heavy (non-hydrogen) atoms. The van der Waals surface area contributed by atoms with Crippen LogP contribution in [0.1, 0.15) is 30.4 Å². The molecule has 5 nitrogen and oxygen atoms in total. The van der Waals surface area contributed by atoms with Crippen molar-refractivity contribution in [2.24, 2.45) is 5.92 Å². The lowest BCUT2D eigenvalue weighted by atomic mass is 9.90. The molecule has 0 aliphatic carbocycles. The van der Waals surface area contributed by atoms with E-state index >= 15 is 0 Å². The Morgan fingerprint density at radius 2 is 2.10 bits per heavy atom. The van der Waals surface area contributed by atoms with Crippen molar-refractivity contribution in [2.75, 3.05) is 0 Å². The van der Waals surface area contributed by atoms with Crippen LogP contribution in [0, 0.1) is 19.8 Å². The first kappa shape index (κ1) is 15.1. The smallest absolute Gasteiger partial charge is 0.306 e. The van der Waals surface area contributed by atoms with Crippen molar-refractivity contribution in [1.82, 2.24) is 5.16 Å². The standard InChI is InChI=1S/C16H19NO4/c1-4-11(16(19)20)7-12-5-6-13(18)8-14(12)15-9(2)17-21-10(15)3/h5-6,8,11,18H,4,7H2,1-3H3,(H,19,20). The van der Waals surface area contributed by atoms with E-state index in [2.05, 4.69) is 5.16 Å². The number of aliphatic carboxylic acids is 1. The minimum Gasteiger partial charge on any atom is -0.508 e. The van der Waals surface area contributed by atoms with Crippen molar-refractivity contribution in [3.63, 3.8) is 0 Å². The van der Waals surface area contributed by atoms with Gasteiger partial charge in [-0.3, -0.25) is 4.79 Å². The Bertz CT molecular complexity index is 641. The summed E-state index contributed by atoms with van der Waals surface area (Å²) in [5.74, 6) is -0.469. The molecule has 1 aromatic carbocycles. The zero-order chi connectivity index (χ0) is 15.6. The zero-order valence-electron chi connectivity index (χ0n) is 12.4. The molecule has 0 amide bonds. The SMILES string of the molecule is CCC(Cc1ccc(O)cc1-c1c(C)noc1C)C(=O)O. The van der Waals surface area contributed by atoms with E-state index in [0.29, 0.717) is 18.6 Å². The van der Waals surface area contributed by atoms with Gasteiger partial charge in [0.1, 0.15) is 11.5 Å². The number of carbonyl (C=O) groups is 1. The number of phenolic OH excluding ortho intramolecular Hbond substituents is 1. The third-order valence-electron chi connectivity index (χ3n) is 3.70. The number of hydrogen-bond donors (Lipinski definition) is 2. The molecule has 2 aromatic rings. The Morgan fingerprint density at radius 3 is 2.62 bits per heavy atom. The van der Waals surface area contributed by atoms with Crippen LogP contribution in [0.2, 0.25) is 0 Å². The van der Waals surface area contributed by atoms with Gasteiger partial charge < -0.3 is 14.7 Å². The quantitative estimate of drug-likeness (QED) is 0.882. The fourth-order valence-corrected chi connectivity index (χ4v) is 2.51.